The SMILES string of the molecule is COc1ccc(/C=C/C(=O)NC(=S)Nc2ccc(N3CCN(C(=O)c4ccccc4)CC3)c(Cl)c2)cc1. The van der Waals surface area contributed by atoms with Crippen LogP contribution in [0.5, 0.6) is 5.75 Å². The molecule has 0 atom stereocenters. The molecule has 1 saturated heterocycles. The zero-order valence-corrected chi connectivity index (χ0v) is 21.9. The minimum Gasteiger partial charge on any atom is -0.497 e. The maximum absolute atomic E-state index is 12.7. The van der Waals surface area contributed by atoms with Crippen molar-refractivity contribution in [2.75, 3.05) is 43.5 Å². The van der Waals surface area contributed by atoms with E-state index in [0.717, 1.165) is 17.0 Å². The van der Waals surface area contributed by atoms with Gasteiger partial charge in [-0.3, -0.25) is 14.9 Å². The first-order valence-corrected chi connectivity index (χ1v) is 12.5. The van der Waals surface area contributed by atoms with E-state index in [1.807, 2.05) is 71.6 Å². The summed E-state index contributed by atoms with van der Waals surface area (Å²) in [6.07, 6.45) is 3.10. The number of carbonyl (C=O) groups excluding carboxylic acids is 2. The van der Waals surface area contributed by atoms with Crippen molar-refractivity contribution in [3.05, 3.63) is 95.0 Å². The number of nitrogens with one attached hydrogen (secondary N) is 2. The molecule has 1 fully saturated rings. The quantitative estimate of drug-likeness (QED) is 0.348. The summed E-state index contributed by atoms with van der Waals surface area (Å²) in [5.41, 5.74) is 3.11. The number of piperazine rings is 1. The van der Waals surface area contributed by atoms with Gasteiger partial charge < -0.3 is 19.9 Å². The van der Waals surface area contributed by atoms with Crippen LogP contribution < -0.4 is 20.3 Å². The molecule has 0 radical (unpaired) electrons. The molecular weight excluding hydrogens is 508 g/mol. The van der Waals surface area contributed by atoms with Crippen LogP contribution in [-0.2, 0) is 4.79 Å². The average molecular weight is 535 g/mol. The Bertz CT molecular complexity index is 1290. The van der Waals surface area contributed by atoms with Gasteiger partial charge in [0.05, 0.1) is 17.8 Å². The van der Waals surface area contributed by atoms with Gasteiger partial charge in [0.25, 0.3) is 5.91 Å². The molecule has 1 aliphatic heterocycles. The first kappa shape index (κ1) is 26.2. The summed E-state index contributed by atoms with van der Waals surface area (Å²) in [5, 5.41) is 6.34. The normalized spacial score (nSPS) is 13.4. The lowest BCUT2D eigenvalue weighted by Gasteiger charge is -2.36. The van der Waals surface area contributed by atoms with Gasteiger partial charge in [-0.15, -0.1) is 0 Å². The smallest absolute Gasteiger partial charge is 0.253 e. The Balaban J connectivity index is 1.28. The molecule has 0 aromatic heterocycles. The third kappa shape index (κ3) is 7.09. The van der Waals surface area contributed by atoms with Crippen molar-refractivity contribution in [3.8, 4) is 5.75 Å². The third-order valence-electron chi connectivity index (χ3n) is 5.91. The lowest BCUT2D eigenvalue weighted by atomic mass is 10.1. The standard InChI is InChI=1S/C28H27ClN4O3S/c1-36-23-11-7-20(8-12-23)9-14-26(34)31-28(37)30-22-10-13-25(24(29)19-22)32-15-17-33(18-16-32)27(35)21-5-3-2-4-6-21/h2-14,19H,15-18H2,1H3,(H2,30,31,34,37)/b14-9+. The fourth-order valence-corrected chi connectivity index (χ4v) is 4.48. The highest BCUT2D eigenvalue weighted by molar-refractivity contribution is 7.80. The summed E-state index contributed by atoms with van der Waals surface area (Å²) in [4.78, 5) is 28.9. The highest BCUT2D eigenvalue weighted by Crippen LogP contribution is 2.30. The maximum Gasteiger partial charge on any atom is 0.253 e. The van der Waals surface area contributed by atoms with Crippen molar-refractivity contribution < 1.29 is 14.3 Å². The van der Waals surface area contributed by atoms with Gasteiger partial charge >= 0.3 is 0 Å². The number of ether oxygens (including phenoxy) is 1. The van der Waals surface area contributed by atoms with Gasteiger partial charge in [-0.2, -0.15) is 0 Å². The van der Waals surface area contributed by atoms with E-state index >= 15 is 0 Å². The van der Waals surface area contributed by atoms with Crippen LogP contribution in [0.15, 0.2) is 78.9 Å². The molecule has 0 spiro atoms. The van der Waals surface area contributed by atoms with Crippen LogP contribution in [0.2, 0.25) is 5.02 Å². The Hall–Kier alpha value is -3.88. The molecule has 1 aliphatic rings. The van der Waals surface area contributed by atoms with Gasteiger partial charge in [0.15, 0.2) is 5.11 Å². The molecule has 9 heteroatoms. The second kappa shape index (κ2) is 12.4. The van der Waals surface area contributed by atoms with E-state index in [2.05, 4.69) is 15.5 Å². The first-order valence-electron chi connectivity index (χ1n) is 11.8. The Morgan fingerprint density at radius 3 is 2.32 bits per heavy atom. The van der Waals surface area contributed by atoms with Crippen molar-refractivity contribution in [2.24, 2.45) is 0 Å². The Labute approximate surface area is 226 Å². The fraction of sp³-hybridized carbons (Fsp3) is 0.179. The second-order valence-electron chi connectivity index (χ2n) is 8.36. The molecule has 7 nitrogen and oxygen atoms in total. The van der Waals surface area contributed by atoms with E-state index in [1.165, 1.54) is 6.08 Å². The summed E-state index contributed by atoms with van der Waals surface area (Å²) >= 11 is 11.8. The van der Waals surface area contributed by atoms with E-state index in [4.69, 9.17) is 28.6 Å². The van der Waals surface area contributed by atoms with Gasteiger partial charge in [-0.25, -0.2) is 0 Å². The molecule has 37 heavy (non-hydrogen) atoms. The number of benzene rings is 3. The molecule has 3 aromatic carbocycles. The molecule has 2 N–H and O–H groups in total. The highest BCUT2D eigenvalue weighted by Gasteiger charge is 2.23. The first-order chi connectivity index (χ1) is 17.9. The number of nitrogens with zero attached hydrogens (tertiary/aromatic N) is 2. The van der Waals surface area contributed by atoms with E-state index < -0.39 is 0 Å². The number of amides is 2. The Morgan fingerprint density at radius 1 is 0.973 bits per heavy atom. The van der Waals surface area contributed by atoms with Gasteiger partial charge in [-0.05, 0) is 66.3 Å². The van der Waals surface area contributed by atoms with Crippen LogP contribution in [0.4, 0.5) is 11.4 Å². The largest absolute Gasteiger partial charge is 0.497 e. The van der Waals surface area contributed by atoms with Crippen molar-refractivity contribution in [3.63, 3.8) is 0 Å². The summed E-state index contributed by atoms with van der Waals surface area (Å²) in [6.45, 7) is 2.59. The lowest BCUT2D eigenvalue weighted by molar-refractivity contribution is -0.115. The number of thiocarbonyl (C=S) groups is 1. The van der Waals surface area contributed by atoms with Crippen molar-refractivity contribution in [2.45, 2.75) is 0 Å². The topological polar surface area (TPSA) is 73.9 Å². The van der Waals surface area contributed by atoms with Crippen molar-refractivity contribution >= 4 is 58.2 Å². The van der Waals surface area contributed by atoms with E-state index in [1.54, 1.807) is 19.3 Å². The number of rotatable bonds is 6. The Kier molecular flexibility index (Phi) is 8.77. The molecule has 3 aromatic rings. The van der Waals surface area contributed by atoms with Crippen LogP contribution in [0.25, 0.3) is 6.08 Å². The number of methoxy groups -OCH3 is 1. The predicted molar refractivity (Wildman–Crippen MR) is 152 cm³/mol. The highest BCUT2D eigenvalue weighted by atomic mass is 35.5. The van der Waals surface area contributed by atoms with Gasteiger partial charge in [0.2, 0.25) is 5.91 Å². The number of hydrogen-bond acceptors (Lipinski definition) is 5. The second-order valence-corrected chi connectivity index (χ2v) is 9.18. The number of carbonyl (C=O) groups is 2. The molecule has 2 amide bonds. The fourth-order valence-electron chi connectivity index (χ4n) is 3.96. The van der Waals surface area contributed by atoms with Gasteiger partial charge in [0.1, 0.15) is 5.75 Å². The molecule has 0 unspecified atom stereocenters. The van der Waals surface area contributed by atoms with Crippen LogP contribution in [0.3, 0.4) is 0 Å². The van der Waals surface area contributed by atoms with Crippen LogP contribution >= 0.6 is 23.8 Å². The lowest BCUT2D eigenvalue weighted by Crippen LogP contribution is -2.48. The van der Waals surface area contributed by atoms with Crippen molar-refractivity contribution in [1.29, 1.82) is 0 Å². The molecular formula is C28H27ClN4O3S. The van der Waals surface area contributed by atoms with E-state index in [0.29, 0.717) is 42.5 Å². The summed E-state index contributed by atoms with van der Waals surface area (Å²) in [6, 6.07) is 22.2. The summed E-state index contributed by atoms with van der Waals surface area (Å²) < 4.78 is 5.13. The summed E-state index contributed by atoms with van der Waals surface area (Å²) in [7, 11) is 1.60. The molecule has 0 aliphatic carbocycles. The van der Waals surface area contributed by atoms with E-state index in [9.17, 15) is 9.59 Å². The predicted octanol–water partition coefficient (Wildman–Crippen LogP) is 4.84. The van der Waals surface area contributed by atoms with Gasteiger partial charge in [0, 0.05) is 43.5 Å². The Morgan fingerprint density at radius 2 is 1.68 bits per heavy atom. The molecule has 0 bridgehead atoms. The minimum atomic E-state index is -0.348. The van der Waals surface area contributed by atoms with Crippen LogP contribution in [0, 0.1) is 0 Å². The minimum absolute atomic E-state index is 0.0419. The monoisotopic (exact) mass is 534 g/mol. The van der Waals surface area contributed by atoms with Crippen LogP contribution in [-0.4, -0.2) is 55.1 Å². The van der Waals surface area contributed by atoms with Crippen LogP contribution in [0.1, 0.15) is 15.9 Å². The van der Waals surface area contributed by atoms with Gasteiger partial charge in [-0.1, -0.05) is 41.9 Å². The van der Waals surface area contributed by atoms with Crippen molar-refractivity contribution in [1.82, 2.24) is 10.2 Å². The average Bonchev–Trinajstić information content (AvgIpc) is 2.92. The molecule has 190 valence electrons. The zero-order valence-electron chi connectivity index (χ0n) is 20.3. The maximum atomic E-state index is 12.7. The number of hydrogen-bond donors (Lipinski definition) is 2. The zero-order chi connectivity index (χ0) is 26.2. The number of anilines is 2. The van der Waals surface area contributed by atoms with E-state index in [-0.39, 0.29) is 16.9 Å². The third-order valence-corrected chi connectivity index (χ3v) is 6.42. The molecule has 0 saturated carbocycles. The number of halogens is 1. The summed E-state index contributed by atoms with van der Waals surface area (Å²) in [5.74, 6) is 0.441. The molecule has 1 heterocycles. The molecule has 4 rings (SSSR count).